The van der Waals surface area contributed by atoms with E-state index in [4.69, 9.17) is 9.94 Å². The number of rotatable bonds is 2. The molecule has 0 bridgehead atoms. The maximum absolute atomic E-state index is 13.3. The molecular formula is C11H12FNO3. The molecular weight excluding hydrogens is 213 g/mol. The number of hydrogen-bond acceptors (Lipinski definition) is 3. The lowest BCUT2D eigenvalue weighted by molar-refractivity contribution is -0.0768. The van der Waals surface area contributed by atoms with E-state index in [0.717, 1.165) is 12.5 Å². The number of amides is 1. The van der Waals surface area contributed by atoms with Crippen molar-refractivity contribution in [1.82, 2.24) is 5.06 Å². The second-order valence-electron chi connectivity index (χ2n) is 3.56. The van der Waals surface area contributed by atoms with E-state index in [-0.39, 0.29) is 23.6 Å². The van der Waals surface area contributed by atoms with Crippen molar-refractivity contribution >= 4 is 5.91 Å². The summed E-state index contributed by atoms with van der Waals surface area (Å²) in [6.45, 7) is 0.672. The molecule has 0 spiro atoms. The number of aliphatic hydroxyl groups is 1. The lowest BCUT2D eigenvalue weighted by Crippen LogP contribution is -2.26. The first-order chi connectivity index (χ1) is 7.72. The molecule has 1 saturated heterocycles. The van der Waals surface area contributed by atoms with Gasteiger partial charge in [-0.15, -0.1) is 0 Å². The molecule has 0 atom stereocenters. The number of halogens is 1. The number of carbonyl (C=O) groups is 1. The van der Waals surface area contributed by atoms with E-state index in [9.17, 15) is 9.18 Å². The summed E-state index contributed by atoms with van der Waals surface area (Å²) in [6.07, 6.45) is 0.795. The smallest absolute Gasteiger partial charge is 0.277 e. The molecule has 1 aromatic rings. The number of aliphatic hydroxyl groups excluding tert-OH is 1. The van der Waals surface area contributed by atoms with Crippen molar-refractivity contribution in [1.29, 1.82) is 0 Å². The van der Waals surface area contributed by atoms with Gasteiger partial charge in [-0.1, -0.05) is 6.07 Å². The molecule has 0 saturated carbocycles. The van der Waals surface area contributed by atoms with E-state index in [1.54, 1.807) is 0 Å². The van der Waals surface area contributed by atoms with Crippen molar-refractivity contribution in [3.8, 4) is 0 Å². The summed E-state index contributed by atoms with van der Waals surface area (Å²) in [5.41, 5.74) is 0.412. The monoisotopic (exact) mass is 225 g/mol. The molecule has 2 rings (SSSR count). The highest BCUT2D eigenvalue weighted by atomic mass is 19.1. The number of benzene rings is 1. The van der Waals surface area contributed by atoms with E-state index in [1.165, 1.54) is 17.2 Å². The SMILES string of the molecule is O=C(c1ccc(CO)c(F)c1)N1CCCO1. The number of nitrogens with zero attached hydrogens (tertiary/aromatic N) is 1. The van der Waals surface area contributed by atoms with Gasteiger partial charge >= 0.3 is 0 Å². The van der Waals surface area contributed by atoms with Crippen LogP contribution in [0.3, 0.4) is 0 Å². The summed E-state index contributed by atoms with van der Waals surface area (Å²) in [5.74, 6) is -0.923. The molecule has 0 aliphatic carbocycles. The van der Waals surface area contributed by atoms with Crippen LogP contribution >= 0.6 is 0 Å². The number of hydrogen-bond donors (Lipinski definition) is 1. The van der Waals surface area contributed by atoms with Gasteiger partial charge in [-0.05, 0) is 18.6 Å². The Labute approximate surface area is 92.2 Å². The molecule has 4 nitrogen and oxygen atoms in total. The molecule has 1 aromatic carbocycles. The molecule has 0 unspecified atom stereocenters. The molecule has 1 aliphatic rings. The molecule has 1 fully saturated rings. The Morgan fingerprint density at radius 1 is 1.56 bits per heavy atom. The Hall–Kier alpha value is -1.46. The van der Waals surface area contributed by atoms with E-state index < -0.39 is 5.82 Å². The fourth-order valence-corrected chi connectivity index (χ4v) is 1.56. The second kappa shape index (κ2) is 4.59. The minimum atomic E-state index is -0.576. The van der Waals surface area contributed by atoms with Gasteiger partial charge in [-0.25, -0.2) is 9.45 Å². The van der Waals surface area contributed by atoms with Crippen LogP contribution in [-0.2, 0) is 11.4 Å². The quantitative estimate of drug-likeness (QED) is 0.819. The molecule has 1 heterocycles. The summed E-state index contributed by atoms with van der Waals surface area (Å²) in [5, 5.41) is 10.0. The van der Waals surface area contributed by atoms with Gasteiger partial charge in [-0.2, -0.15) is 0 Å². The maximum Gasteiger partial charge on any atom is 0.277 e. The van der Waals surface area contributed by atoms with Crippen LogP contribution in [0.5, 0.6) is 0 Å². The van der Waals surface area contributed by atoms with E-state index in [0.29, 0.717) is 13.2 Å². The predicted octanol–water partition coefficient (Wildman–Crippen LogP) is 1.10. The fourth-order valence-electron chi connectivity index (χ4n) is 1.56. The fraction of sp³-hybridized carbons (Fsp3) is 0.364. The molecule has 0 radical (unpaired) electrons. The van der Waals surface area contributed by atoms with Crippen LogP contribution < -0.4 is 0 Å². The van der Waals surface area contributed by atoms with Crippen molar-refractivity contribution in [3.63, 3.8) is 0 Å². The van der Waals surface area contributed by atoms with Crippen LogP contribution in [0.1, 0.15) is 22.3 Å². The minimum absolute atomic E-state index is 0.180. The summed E-state index contributed by atoms with van der Waals surface area (Å²) >= 11 is 0. The molecule has 5 heteroatoms. The molecule has 1 N–H and O–H groups in total. The third kappa shape index (κ3) is 2.05. The van der Waals surface area contributed by atoms with Crippen LogP contribution in [-0.4, -0.2) is 29.2 Å². The number of carbonyl (C=O) groups excluding carboxylic acids is 1. The van der Waals surface area contributed by atoms with Crippen LogP contribution in [0.15, 0.2) is 18.2 Å². The second-order valence-corrected chi connectivity index (χ2v) is 3.56. The van der Waals surface area contributed by atoms with Gasteiger partial charge in [0.05, 0.1) is 19.8 Å². The van der Waals surface area contributed by atoms with Crippen molar-refractivity contribution in [2.24, 2.45) is 0 Å². The third-order valence-electron chi connectivity index (χ3n) is 2.45. The minimum Gasteiger partial charge on any atom is -0.392 e. The predicted molar refractivity (Wildman–Crippen MR) is 53.9 cm³/mol. The van der Waals surface area contributed by atoms with E-state index in [1.807, 2.05) is 0 Å². The van der Waals surface area contributed by atoms with Crippen LogP contribution in [0.4, 0.5) is 4.39 Å². The third-order valence-corrected chi connectivity index (χ3v) is 2.45. The van der Waals surface area contributed by atoms with Gasteiger partial charge in [0, 0.05) is 11.1 Å². The summed E-state index contributed by atoms with van der Waals surface area (Å²) in [7, 11) is 0. The summed E-state index contributed by atoms with van der Waals surface area (Å²) in [4.78, 5) is 16.8. The first-order valence-corrected chi connectivity index (χ1v) is 5.06. The zero-order valence-electron chi connectivity index (χ0n) is 8.65. The molecule has 1 amide bonds. The van der Waals surface area contributed by atoms with Crippen molar-refractivity contribution in [3.05, 3.63) is 35.1 Å². The topological polar surface area (TPSA) is 49.8 Å². The lowest BCUT2D eigenvalue weighted by atomic mass is 10.1. The first kappa shape index (κ1) is 11.0. The van der Waals surface area contributed by atoms with Crippen LogP contribution in [0, 0.1) is 5.82 Å². The molecule has 0 aromatic heterocycles. The lowest BCUT2D eigenvalue weighted by Gasteiger charge is -2.14. The number of hydroxylamine groups is 2. The van der Waals surface area contributed by atoms with Gasteiger partial charge in [0.15, 0.2) is 0 Å². The zero-order valence-corrected chi connectivity index (χ0v) is 8.65. The van der Waals surface area contributed by atoms with Crippen molar-refractivity contribution < 1.29 is 19.1 Å². The van der Waals surface area contributed by atoms with E-state index >= 15 is 0 Å². The molecule has 86 valence electrons. The maximum atomic E-state index is 13.3. The first-order valence-electron chi connectivity index (χ1n) is 5.06. The average molecular weight is 225 g/mol. The van der Waals surface area contributed by atoms with Crippen LogP contribution in [0.25, 0.3) is 0 Å². The Morgan fingerprint density at radius 3 is 2.94 bits per heavy atom. The van der Waals surface area contributed by atoms with Gasteiger partial charge in [0.25, 0.3) is 5.91 Å². The van der Waals surface area contributed by atoms with Gasteiger partial charge in [0.1, 0.15) is 5.82 Å². The van der Waals surface area contributed by atoms with Crippen molar-refractivity contribution in [2.75, 3.05) is 13.2 Å². The Morgan fingerprint density at radius 2 is 2.38 bits per heavy atom. The Balaban J connectivity index is 2.20. The van der Waals surface area contributed by atoms with Gasteiger partial charge < -0.3 is 5.11 Å². The highest BCUT2D eigenvalue weighted by Crippen LogP contribution is 2.15. The summed E-state index contributed by atoms with van der Waals surface area (Å²) < 4.78 is 13.3. The van der Waals surface area contributed by atoms with Gasteiger partial charge in [-0.3, -0.25) is 9.63 Å². The summed E-state index contributed by atoms with van der Waals surface area (Å²) in [6, 6.07) is 4.01. The standard InChI is InChI=1S/C11H12FNO3/c12-10-6-8(2-3-9(10)7-14)11(15)13-4-1-5-16-13/h2-3,6,14H,1,4-5,7H2. The molecule has 16 heavy (non-hydrogen) atoms. The average Bonchev–Trinajstić information content (AvgIpc) is 2.81. The van der Waals surface area contributed by atoms with Crippen molar-refractivity contribution in [2.45, 2.75) is 13.0 Å². The Bertz CT molecular complexity index is 402. The van der Waals surface area contributed by atoms with E-state index in [2.05, 4.69) is 0 Å². The largest absolute Gasteiger partial charge is 0.392 e. The Kier molecular flexibility index (Phi) is 3.17. The highest BCUT2D eigenvalue weighted by Gasteiger charge is 2.21. The molecule has 1 aliphatic heterocycles. The normalized spacial score (nSPS) is 15.5. The zero-order chi connectivity index (χ0) is 11.5. The van der Waals surface area contributed by atoms with Crippen LogP contribution in [0.2, 0.25) is 0 Å². The van der Waals surface area contributed by atoms with Gasteiger partial charge in [0.2, 0.25) is 0 Å². The highest BCUT2D eigenvalue weighted by molar-refractivity contribution is 5.93.